The van der Waals surface area contributed by atoms with E-state index in [-0.39, 0.29) is 12.8 Å². The summed E-state index contributed by atoms with van der Waals surface area (Å²) in [4.78, 5) is 34.5. The van der Waals surface area contributed by atoms with Gasteiger partial charge in [-0.1, -0.05) is 0 Å². The minimum absolute atomic E-state index is 0.120. The van der Waals surface area contributed by atoms with Gasteiger partial charge in [0.05, 0.1) is 0 Å². The first kappa shape index (κ1) is 8.93. The fourth-order valence-electron chi connectivity index (χ4n) is 1.81. The third kappa shape index (κ3) is 0.865. The van der Waals surface area contributed by atoms with Crippen molar-refractivity contribution in [3.05, 3.63) is 11.6 Å². The number of imide groups is 1. The Labute approximate surface area is 80.0 Å². The summed E-state index contributed by atoms with van der Waals surface area (Å²) in [5, 5.41) is 8.97. The second kappa shape index (κ2) is 2.43. The van der Waals surface area contributed by atoms with E-state index in [1.54, 1.807) is 6.92 Å². The summed E-state index contributed by atoms with van der Waals surface area (Å²) in [5.41, 5.74) is -0.876. The molecule has 2 aliphatic rings. The van der Waals surface area contributed by atoms with Crippen LogP contribution >= 0.6 is 0 Å². The summed E-state index contributed by atoms with van der Waals surface area (Å²) >= 11 is 0. The second-order valence-electron chi connectivity index (χ2n) is 3.52. The van der Waals surface area contributed by atoms with Crippen LogP contribution in [-0.2, 0) is 14.4 Å². The molecular weight excluding hydrogens is 186 g/mol. The van der Waals surface area contributed by atoms with Crippen molar-refractivity contribution in [1.82, 2.24) is 4.90 Å². The van der Waals surface area contributed by atoms with E-state index >= 15 is 0 Å². The molecule has 5 heteroatoms. The minimum Gasteiger partial charge on any atom is -0.479 e. The van der Waals surface area contributed by atoms with Gasteiger partial charge < -0.3 is 5.11 Å². The quantitative estimate of drug-likeness (QED) is 0.494. The Balaban J connectivity index is 2.35. The van der Waals surface area contributed by atoms with Crippen molar-refractivity contribution in [1.29, 1.82) is 0 Å². The number of likely N-dealkylation sites (tertiary alicyclic amines) is 1. The number of nitrogens with zero attached hydrogens (tertiary/aromatic N) is 1. The van der Waals surface area contributed by atoms with Crippen molar-refractivity contribution < 1.29 is 19.5 Å². The first-order chi connectivity index (χ1) is 6.50. The van der Waals surface area contributed by atoms with E-state index in [0.717, 1.165) is 4.90 Å². The van der Waals surface area contributed by atoms with Crippen molar-refractivity contribution in [3.8, 4) is 0 Å². The van der Waals surface area contributed by atoms with Gasteiger partial charge in [0.1, 0.15) is 0 Å². The van der Waals surface area contributed by atoms with Gasteiger partial charge in [0.15, 0.2) is 5.54 Å². The highest BCUT2D eigenvalue weighted by molar-refractivity contribution is 6.10. The number of rotatable bonds is 2. The van der Waals surface area contributed by atoms with Crippen LogP contribution in [0.5, 0.6) is 0 Å². The molecule has 1 fully saturated rings. The Hall–Kier alpha value is -1.65. The molecule has 14 heavy (non-hydrogen) atoms. The van der Waals surface area contributed by atoms with Gasteiger partial charge in [-0.2, -0.15) is 0 Å². The maximum absolute atomic E-state index is 11.3. The number of carboxylic acids is 1. The molecule has 74 valence electrons. The summed E-state index contributed by atoms with van der Waals surface area (Å²) in [7, 11) is 0. The monoisotopic (exact) mass is 195 g/mol. The lowest BCUT2D eigenvalue weighted by atomic mass is 10.1. The van der Waals surface area contributed by atoms with E-state index in [1.165, 1.54) is 6.08 Å². The van der Waals surface area contributed by atoms with Crippen molar-refractivity contribution in [3.63, 3.8) is 0 Å². The average Bonchev–Trinajstić information content (AvgIpc) is 2.64. The van der Waals surface area contributed by atoms with Crippen molar-refractivity contribution in [2.75, 3.05) is 0 Å². The number of carbonyl (C=O) groups is 3. The van der Waals surface area contributed by atoms with E-state index in [1.807, 2.05) is 0 Å². The number of carboxylic acid groups (broad SMARTS) is 1. The van der Waals surface area contributed by atoms with Gasteiger partial charge in [0.25, 0.3) is 0 Å². The molecule has 2 rings (SSSR count). The van der Waals surface area contributed by atoms with Crippen molar-refractivity contribution in [2.24, 2.45) is 0 Å². The first-order valence-corrected chi connectivity index (χ1v) is 4.29. The van der Waals surface area contributed by atoms with Crippen LogP contribution < -0.4 is 0 Å². The zero-order chi connectivity index (χ0) is 10.5. The third-order valence-electron chi connectivity index (χ3n) is 2.67. The number of amides is 2. The Morgan fingerprint density at radius 3 is 2.14 bits per heavy atom. The second-order valence-corrected chi connectivity index (χ2v) is 3.52. The third-order valence-corrected chi connectivity index (χ3v) is 2.67. The molecule has 0 radical (unpaired) electrons. The highest BCUT2D eigenvalue weighted by atomic mass is 16.4. The Morgan fingerprint density at radius 2 is 1.86 bits per heavy atom. The highest BCUT2D eigenvalue weighted by Crippen LogP contribution is 2.42. The minimum atomic E-state index is -1.43. The maximum Gasteiger partial charge on any atom is 0.338 e. The molecule has 1 aliphatic heterocycles. The summed E-state index contributed by atoms with van der Waals surface area (Å²) < 4.78 is 0. The zero-order valence-corrected chi connectivity index (χ0v) is 7.61. The Bertz CT molecular complexity index is 368. The Kier molecular flexibility index (Phi) is 1.55. The van der Waals surface area contributed by atoms with Crippen LogP contribution in [0.15, 0.2) is 11.6 Å². The number of hydrogen-bond donors (Lipinski definition) is 1. The molecule has 0 aromatic heterocycles. The van der Waals surface area contributed by atoms with E-state index in [2.05, 4.69) is 0 Å². The molecule has 1 saturated heterocycles. The predicted octanol–water partition coefficient (Wildman–Crippen LogP) is -0.0813. The fraction of sp³-hybridized carbons (Fsp3) is 0.444. The molecule has 2 amide bonds. The van der Waals surface area contributed by atoms with Gasteiger partial charge in [0.2, 0.25) is 11.8 Å². The van der Waals surface area contributed by atoms with Gasteiger partial charge in [0, 0.05) is 12.8 Å². The first-order valence-electron chi connectivity index (χ1n) is 4.29. The summed E-state index contributed by atoms with van der Waals surface area (Å²) in [5.74, 6) is -1.95. The molecule has 0 saturated carbocycles. The van der Waals surface area contributed by atoms with Gasteiger partial charge in [-0.05, 0) is 18.6 Å². The van der Waals surface area contributed by atoms with E-state index in [9.17, 15) is 14.4 Å². The summed E-state index contributed by atoms with van der Waals surface area (Å²) in [6, 6.07) is 0. The molecule has 5 nitrogen and oxygen atoms in total. The number of carbonyl (C=O) groups excluding carboxylic acids is 2. The van der Waals surface area contributed by atoms with Crippen molar-refractivity contribution >= 4 is 17.8 Å². The SMILES string of the molecule is CC1=CC1(C(=O)O)N1C(=O)CCC1=O. The smallest absolute Gasteiger partial charge is 0.338 e. The van der Waals surface area contributed by atoms with Gasteiger partial charge >= 0.3 is 5.97 Å². The van der Waals surface area contributed by atoms with E-state index < -0.39 is 23.3 Å². The number of aliphatic carboxylic acids is 1. The molecular formula is C9H9NO4. The molecule has 1 unspecified atom stereocenters. The molecule has 0 bridgehead atoms. The summed E-state index contributed by atoms with van der Waals surface area (Å²) in [6.07, 6.45) is 1.67. The van der Waals surface area contributed by atoms with Gasteiger partial charge in [-0.15, -0.1) is 0 Å². The van der Waals surface area contributed by atoms with Crippen LogP contribution in [0.1, 0.15) is 19.8 Å². The van der Waals surface area contributed by atoms with E-state index in [0.29, 0.717) is 5.57 Å². The molecule has 1 heterocycles. The Morgan fingerprint density at radius 1 is 1.43 bits per heavy atom. The van der Waals surface area contributed by atoms with Crippen LogP contribution in [0.25, 0.3) is 0 Å². The lowest BCUT2D eigenvalue weighted by Gasteiger charge is -2.23. The molecule has 1 N–H and O–H groups in total. The predicted molar refractivity (Wildman–Crippen MR) is 45.2 cm³/mol. The molecule has 0 aromatic carbocycles. The van der Waals surface area contributed by atoms with Crippen LogP contribution in [0.3, 0.4) is 0 Å². The topological polar surface area (TPSA) is 74.7 Å². The maximum atomic E-state index is 11.3. The molecule has 1 aliphatic carbocycles. The van der Waals surface area contributed by atoms with Crippen molar-refractivity contribution in [2.45, 2.75) is 25.3 Å². The number of hydrogen-bond acceptors (Lipinski definition) is 3. The lowest BCUT2D eigenvalue weighted by Crippen LogP contribution is -2.49. The highest BCUT2D eigenvalue weighted by Gasteiger charge is 2.59. The lowest BCUT2D eigenvalue weighted by molar-refractivity contribution is -0.154. The van der Waals surface area contributed by atoms with Crippen LogP contribution in [0.2, 0.25) is 0 Å². The standard InChI is InChI=1S/C9H9NO4/c1-5-4-9(5,8(13)14)10-6(11)2-3-7(10)12/h4H,2-3H2,1H3,(H,13,14). The zero-order valence-electron chi connectivity index (χ0n) is 7.61. The fourth-order valence-corrected chi connectivity index (χ4v) is 1.81. The molecule has 1 atom stereocenters. The van der Waals surface area contributed by atoms with Gasteiger partial charge in [-0.25, -0.2) is 4.79 Å². The van der Waals surface area contributed by atoms with Crippen LogP contribution in [0.4, 0.5) is 0 Å². The van der Waals surface area contributed by atoms with Gasteiger partial charge in [-0.3, -0.25) is 14.5 Å². The summed E-state index contributed by atoms with van der Waals surface area (Å²) in [6.45, 7) is 1.60. The van der Waals surface area contributed by atoms with Crippen LogP contribution in [0, 0.1) is 0 Å². The van der Waals surface area contributed by atoms with Crippen LogP contribution in [-0.4, -0.2) is 33.3 Å². The largest absolute Gasteiger partial charge is 0.479 e. The van der Waals surface area contributed by atoms with E-state index in [4.69, 9.17) is 5.11 Å². The average molecular weight is 195 g/mol. The molecule has 0 aromatic rings. The molecule has 0 spiro atoms. The normalized spacial score (nSPS) is 30.6.